The first kappa shape index (κ1) is 20.7. The molecule has 2 rings (SSSR count). The second-order valence-corrected chi connectivity index (χ2v) is 9.19. The Kier molecular flexibility index (Phi) is 5.03. The van der Waals surface area contributed by atoms with E-state index in [-0.39, 0.29) is 5.91 Å². The summed E-state index contributed by atoms with van der Waals surface area (Å²) in [6, 6.07) is 6.74. The summed E-state index contributed by atoms with van der Waals surface area (Å²) >= 11 is 0. The Morgan fingerprint density at radius 1 is 0.963 bits per heavy atom. The predicted octanol–water partition coefficient (Wildman–Crippen LogP) is 3.24. The van der Waals surface area contributed by atoms with E-state index < -0.39 is 28.3 Å². The van der Waals surface area contributed by atoms with Crippen LogP contribution in [0.3, 0.4) is 0 Å². The first-order valence-electron chi connectivity index (χ1n) is 8.94. The van der Waals surface area contributed by atoms with Crippen LogP contribution < -0.4 is 10.9 Å². The number of para-hydroxylation sites is 1. The van der Waals surface area contributed by atoms with Crippen LogP contribution >= 0.6 is 0 Å². The Hall–Kier alpha value is -2.57. The number of carbonyl (C=O) groups is 2. The fourth-order valence-electron chi connectivity index (χ4n) is 2.73. The third kappa shape index (κ3) is 4.23. The van der Waals surface area contributed by atoms with Crippen LogP contribution in [0, 0.1) is 0 Å². The molecule has 0 aliphatic rings. The van der Waals surface area contributed by atoms with Crippen molar-refractivity contribution in [2.24, 2.45) is 0 Å². The predicted molar refractivity (Wildman–Crippen MR) is 105 cm³/mol. The van der Waals surface area contributed by atoms with Gasteiger partial charge in [0, 0.05) is 5.54 Å². The molecule has 1 aromatic heterocycles. The summed E-state index contributed by atoms with van der Waals surface area (Å²) in [4.78, 5) is 38.9. The van der Waals surface area contributed by atoms with Crippen LogP contribution in [0.25, 0.3) is 10.9 Å². The van der Waals surface area contributed by atoms with Gasteiger partial charge in [0.25, 0.3) is 5.56 Å². The SMILES string of the molecule is CC(C)(C)NC(=O)C(C)(C)n1c(=O)c2ccccc2n1C(=O)OC(C)(C)C. The summed E-state index contributed by atoms with van der Waals surface area (Å²) < 4.78 is 7.83. The Labute approximate surface area is 159 Å². The van der Waals surface area contributed by atoms with E-state index in [4.69, 9.17) is 4.74 Å². The quantitative estimate of drug-likeness (QED) is 0.874. The highest BCUT2D eigenvalue weighted by molar-refractivity contribution is 5.90. The smallest absolute Gasteiger partial charge is 0.434 e. The van der Waals surface area contributed by atoms with Crippen LogP contribution in [0.4, 0.5) is 4.79 Å². The molecule has 7 nitrogen and oxygen atoms in total. The number of carbonyl (C=O) groups excluding carboxylic acids is 2. The van der Waals surface area contributed by atoms with Gasteiger partial charge in [-0.15, -0.1) is 0 Å². The van der Waals surface area contributed by atoms with E-state index in [1.807, 2.05) is 20.8 Å². The molecule has 0 unspecified atom stereocenters. The van der Waals surface area contributed by atoms with E-state index in [1.165, 1.54) is 4.68 Å². The number of hydrogen-bond donors (Lipinski definition) is 1. The Bertz CT molecular complexity index is 937. The van der Waals surface area contributed by atoms with Crippen molar-refractivity contribution in [3.8, 4) is 0 Å². The van der Waals surface area contributed by atoms with Crippen LogP contribution in [-0.2, 0) is 15.1 Å². The molecule has 0 saturated heterocycles. The number of nitrogens with one attached hydrogen (secondary N) is 1. The number of benzene rings is 1. The second kappa shape index (κ2) is 6.55. The molecule has 1 N–H and O–H groups in total. The fourth-order valence-corrected chi connectivity index (χ4v) is 2.73. The van der Waals surface area contributed by atoms with Crippen molar-refractivity contribution in [1.82, 2.24) is 14.7 Å². The summed E-state index contributed by atoms with van der Waals surface area (Å²) in [5.74, 6) is -0.371. The first-order valence-corrected chi connectivity index (χ1v) is 8.94. The van der Waals surface area contributed by atoms with Crippen LogP contribution in [0.2, 0.25) is 0 Å². The average Bonchev–Trinajstić information content (AvgIpc) is 2.78. The standard InChI is InChI=1S/C20H29N3O4/c1-18(2,3)21-16(25)20(7,8)23-15(24)13-11-9-10-12-14(13)22(23)17(26)27-19(4,5)6/h9-12H,1-8H3,(H,21,25). The maximum absolute atomic E-state index is 13.1. The lowest BCUT2D eigenvalue weighted by Gasteiger charge is -2.32. The van der Waals surface area contributed by atoms with Gasteiger partial charge in [-0.2, -0.15) is 4.68 Å². The molecular weight excluding hydrogens is 346 g/mol. The molecule has 0 atom stereocenters. The number of hydrogen-bond acceptors (Lipinski definition) is 4. The van der Waals surface area contributed by atoms with Crippen molar-refractivity contribution in [3.63, 3.8) is 0 Å². The topological polar surface area (TPSA) is 82.3 Å². The van der Waals surface area contributed by atoms with Crippen molar-refractivity contribution in [2.75, 3.05) is 0 Å². The van der Waals surface area contributed by atoms with Gasteiger partial charge in [-0.25, -0.2) is 9.48 Å². The van der Waals surface area contributed by atoms with Crippen LogP contribution in [-0.4, -0.2) is 32.5 Å². The van der Waals surface area contributed by atoms with Gasteiger partial charge in [0.2, 0.25) is 5.91 Å². The number of nitrogens with zero attached hydrogens (tertiary/aromatic N) is 2. The maximum atomic E-state index is 13.1. The van der Waals surface area contributed by atoms with Crippen molar-refractivity contribution >= 4 is 22.9 Å². The molecule has 1 heterocycles. The molecule has 148 valence electrons. The lowest BCUT2D eigenvalue weighted by Crippen LogP contribution is -2.55. The van der Waals surface area contributed by atoms with Crippen molar-refractivity contribution in [1.29, 1.82) is 0 Å². The first-order chi connectivity index (χ1) is 12.1. The molecule has 0 spiro atoms. The summed E-state index contributed by atoms with van der Waals surface area (Å²) in [7, 11) is 0. The molecule has 7 heteroatoms. The van der Waals surface area contributed by atoms with Gasteiger partial charge in [0.1, 0.15) is 11.1 Å². The molecule has 0 fully saturated rings. The minimum atomic E-state index is -1.32. The zero-order valence-corrected chi connectivity index (χ0v) is 17.3. The maximum Gasteiger partial charge on any atom is 0.434 e. The van der Waals surface area contributed by atoms with Crippen LogP contribution in [0.1, 0.15) is 55.4 Å². The molecule has 2 aromatic rings. The molecule has 0 bridgehead atoms. The highest BCUT2D eigenvalue weighted by Crippen LogP contribution is 2.22. The molecule has 1 amide bonds. The normalized spacial score (nSPS) is 12.9. The summed E-state index contributed by atoms with van der Waals surface area (Å²) in [6.07, 6.45) is -0.711. The Morgan fingerprint density at radius 3 is 2.04 bits per heavy atom. The third-order valence-electron chi connectivity index (χ3n) is 3.90. The van der Waals surface area contributed by atoms with Gasteiger partial charge < -0.3 is 10.1 Å². The summed E-state index contributed by atoms with van der Waals surface area (Å²) in [5.41, 5.74) is -2.58. The highest BCUT2D eigenvalue weighted by Gasteiger charge is 2.38. The van der Waals surface area contributed by atoms with E-state index >= 15 is 0 Å². The molecule has 0 saturated carbocycles. The minimum absolute atomic E-state index is 0.347. The van der Waals surface area contributed by atoms with Crippen molar-refractivity contribution < 1.29 is 14.3 Å². The van der Waals surface area contributed by atoms with Gasteiger partial charge in [-0.3, -0.25) is 9.59 Å². The van der Waals surface area contributed by atoms with E-state index in [9.17, 15) is 14.4 Å². The molecular formula is C20H29N3O4. The molecule has 1 aromatic carbocycles. The van der Waals surface area contributed by atoms with Crippen LogP contribution in [0.15, 0.2) is 29.1 Å². The van der Waals surface area contributed by atoms with Gasteiger partial charge in [0.05, 0.1) is 10.9 Å². The number of aromatic nitrogens is 2. The molecule has 0 aliphatic carbocycles. The van der Waals surface area contributed by atoms with E-state index in [2.05, 4.69) is 5.32 Å². The lowest BCUT2D eigenvalue weighted by atomic mass is 10.0. The number of ether oxygens (including phenoxy) is 1. The Balaban J connectivity index is 2.74. The zero-order chi connectivity index (χ0) is 20.8. The van der Waals surface area contributed by atoms with Crippen LogP contribution in [0.5, 0.6) is 0 Å². The zero-order valence-electron chi connectivity index (χ0n) is 17.3. The van der Waals surface area contributed by atoms with Gasteiger partial charge >= 0.3 is 6.09 Å². The average molecular weight is 375 g/mol. The fraction of sp³-hybridized carbons (Fsp3) is 0.550. The molecule has 0 radical (unpaired) electrons. The molecule has 0 aliphatic heterocycles. The summed E-state index contributed by atoms with van der Waals surface area (Å²) in [6.45, 7) is 14.0. The highest BCUT2D eigenvalue weighted by atomic mass is 16.6. The monoisotopic (exact) mass is 375 g/mol. The van der Waals surface area contributed by atoms with E-state index in [1.54, 1.807) is 58.9 Å². The van der Waals surface area contributed by atoms with Crippen molar-refractivity contribution in [3.05, 3.63) is 34.6 Å². The summed E-state index contributed by atoms with van der Waals surface area (Å²) in [5, 5.41) is 3.23. The van der Waals surface area contributed by atoms with Gasteiger partial charge in [-0.1, -0.05) is 12.1 Å². The van der Waals surface area contributed by atoms with Crippen molar-refractivity contribution in [2.45, 2.75) is 72.1 Å². The third-order valence-corrected chi connectivity index (χ3v) is 3.90. The number of rotatable bonds is 2. The van der Waals surface area contributed by atoms with E-state index in [0.717, 1.165) is 4.68 Å². The second-order valence-electron chi connectivity index (χ2n) is 9.19. The Morgan fingerprint density at radius 2 is 1.52 bits per heavy atom. The van der Waals surface area contributed by atoms with Gasteiger partial charge in [0.15, 0.2) is 0 Å². The molecule has 27 heavy (non-hydrogen) atoms. The lowest BCUT2D eigenvalue weighted by molar-refractivity contribution is -0.130. The van der Waals surface area contributed by atoms with Gasteiger partial charge in [-0.05, 0) is 67.5 Å². The van der Waals surface area contributed by atoms with E-state index in [0.29, 0.717) is 10.9 Å². The number of fused-ring (bicyclic) bond motifs is 1. The largest absolute Gasteiger partial charge is 0.442 e. The minimum Gasteiger partial charge on any atom is -0.442 e. The number of amides is 1.